The third-order valence-electron chi connectivity index (χ3n) is 3.28. The van der Waals surface area contributed by atoms with Crippen molar-refractivity contribution in [2.45, 2.75) is 6.10 Å². The summed E-state index contributed by atoms with van der Waals surface area (Å²) in [5.74, 6) is -0.641. The molecular weight excluding hydrogens is 298 g/mol. The lowest BCUT2D eigenvalue weighted by atomic mass is 10.2. The fourth-order valence-corrected chi connectivity index (χ4v) is 2.17. The highest BCUT2D eigenvalue weighted by atomic mass is 35.5. The van der Waals surface area contributed by atoms with Crippen LogP contribution in [0, 0.1) is 0 Å². The fraction of sp³-hybridized carbons (Fsp3) is 0.385. The largest absolute Gasteiger partial charge is 0.419 e. The summed E-state index contributed by atoms with van der Waals surface area (Å²) < 4.78 is 11.9. The Morgan fingerprint density at radius 3 is 3.00 bits per heavy atom. The summed E-state index contributed by atoms with van der Waals surface area (Å²) in [5.41, 5.74) is 1.70. The average molecular weight is 314 g/mol. The van der Waals surface area contributed by atoms with Gasteiger partial charge in [0.1, 0.15) is 6.10 Å². The number of anilines is 1. The molecule has 0 radical (unpaired) electrons. The number of morpholine rings is 1. The number of nitrogens with zero attached hydrogens (tertiary/aromatic N) is 1. The van der Waals surface area contributed by atoms with Gasteiger partial charge >= 0.3 is 5.76 Å². The van der Waals surface area contributed by atoms with Crippen LogP contribution in [0.15, 0.2) is 27.4 Å². The highest BCUT2D eigenvalue weighted by Crippen LogP contribution is 2.18. The zero-order chi connectivity index (χ0) is 14.1. The van der Waals surface area contributed by atoms with Gasteiger partial charge in [0.05, 0.1) is 12.1 Å². The summed E-state index contributed by atoms with van der Waals surface area (Å²) in [5, 5.41) is 5.85. The van der Waals surface area contributed by atoms with Crippen LogP contribution in [0.25, 0.3) is 11.1 Å². The summed E-state index contributed by atoms with van der Waals surface area (Å²) in [6, 6.07) is 5.09. The molecule has 3 rings (SSSR count). The molecule has 1 aromatic carbocycles. The monoisotopic (exact) mass is 313 g/mol. The van der Waals surface area contributed by atoms with E-state index >= 15 is 0 Å². The average Bonchev–Trinajstić information content (AvgIpc) is 2.74. The molecule has 2 aromatic rings. The van der Waals surface area contributed by atoms with Crippen molar-refractivity contribution in [3.05, 3.63) is 28.7 Å². The summed E-state index contributed by atoms with van der Waals surface area (Å²) in [6.07, 6.45) is -0.498. The molecule has 1 amide bonds. The van der Waals surface area contributed by atoms with Crippen LogP contribution in [0.5, 0.6) is 0 Å². The minimum Gasteiger partial charge on any atom is -0.408 e. The van der Waals surface area contributed by atoms with Crippen molar-refractivity contribution in [3.8, 4) is 0 Å². The molecule has 1 unspecified atom stereocenters. The van der Waals surface area contributed by atoms with Crippen LogP contribution >= 0.6 is 12.4 Å². The van der Waals surface area contributed by atoms with E-state index < -0.39 is 11.9 Å². The number of aromatic nitrogens is 1. The van der Waals surface area contributed by atoms with Gasteiger partial charge in [-0.05, 0) is 12.1 Å². The molecule has 0 saturated carbocycles. The number of halogens is 1. The normalized spacial score (nSPS) is 18.2. The van der Waals surface area contributed by atoms with Gasteiger partial charge in [-0.25, -0.2) is 4.79 Å². The minimum absolute atomic E-state index is 0. The second kappa shape index (κ2) is 6.30. The number of nitrogens with one attached hydrogen (secondary N) is 2. The quantitative estimate of drug-likeness (QED) is 0.842. The third kappa shape index (κ3) is 3.10. The van der Waals surface area contributed by atoms with E-state index in [-0.39, 0.29) is 18.3 Å². The topological polar surface area (TPSA) is 85.5 Å². The number of ether oxygens (including phenoxy) is 1. The molecule has 2 N–H and O–H groups in total. The number of aryl methyl sites for hydroxylation is 1. The first kappa shape index (κ1) is 15.6. The maximum Gasteiger partial charge on any atom is 0.419 e. The maximum absolute atomic E-state index is 12.0. The zero-order valence-electron chi connectivity index (χ0n) is 11.4. The van der Waals surface area contributed by atoms with Crippen LogP contribution in [0.4, 0.5) is 5.69 Å². The summed E-state index contributed by atoms with van der Waals surface area (Å²) >= 11 is 0. The predicted molar refractivity (Wildman–Crippen MR) is 79.9 cm³/mol. The van der Waals surface area contributed by atoms with Gasteiger partial charge in [0, 0.05) is 31.9 Å². The number of carbonyl (C=O) groups excluding carboxylic acids is 1. The van der Waals surface area contributed by atoms with Crippen LogP contribution in [-0.4, -0.2) is 36.3 Å². The molecule has 1 aliphatic rings. The van der Waals surface area contributed by atoms with Gasteiger partial charge in [-0.1, -0.05) is 0 Å². The molecule has 1 atom stereocenters. The van der Waals surface area contributed by atoms with E-state index in [1.807, 2.05) is 0 Å². The van der Waals surface area contributed by atoms with Gasteiger partial charge in [-0.3, -0.25) is 9.36 Å². The SMILES string of the molecule is Cl.Cn1c(=O)oc2cc(NC(=O)C3CNCCO3)ccc21. The van der Waals surface area contributed by atoms with Crippen molar-refractivity contribution in [2.24, 2.45) is 7.05 Å². The number of oxazole rings is 1. The van der Waals surface area contributed by atoms with E-state index in [1.54, 1.807) is 25.2 Å². The molecule has 8 heteroatoms. The summed E-state index contributed by atoms with van der Waals surface area (Å²) in [4.78, 5) is 23.4. The van der Waals surface area contributed by atoms with Gasteiger partial charge in [-0.2, -0.15) is 0 Å². The van der Waals surface area contributed by atoms with E-state index in [0.29, 0.717) is 29.9 Å². The highest BCUT2D eigenvalue weighted by molar-refractivity contribution is 5.95. The summed E-state index contributed by atoms with van der Waals surface area (Å²) in [6.45, 7) is 1.77. The highest BCUT2D eigenvalue weighted by Gasteiger charge is 2.21. The Labute approximate surface area is 126 Å². The minimum atomic E-state index is -0.498. The Balaban J connectivity index is 0.00000161. The van der Waals surface area contributed by atoms with Gasteiger partial charge in [0.25, 0.3) is 5.91 Å². The van der Waals surface area contributed by atoms with E-state index in [2.05, 4.69) is 10.6 Å². The first-order valence-electron chi connectivity index (χ1n) is 6.38. The van der Waals surface area contributed by atoms with E-state index in [4.69, 9.17) is 9.15 Å². The van der Waals surface area contributed by atoms with E-state index in [1.165, 1.54) is 4.57 Å². The Morgan fingerprint density at radius 1 is 1.48 bits per heavy atom. The van der Waals surface area contributed by atoms with Crippen molar-refractivity contribution in [1.82, 2.24) is 9.88 Å². The smallest absolute Gasteiger partial charge is 0.408 e. The van der Waals surface area contributed by atoms with Crippen LogP contribution in [-0.2, 0) is 16.6 Å². The first-order valence-corrected chi connectivity index (χ1v) is 6.38. The van der Waals surface area contributed by atoms with Crippen molar-refractivity contribution in [3.63, 3.8) is 0 Å². The molecule has 2 heterocycles. The molecule has 0 bridgehead atoms. The standard InChI is InChI=1S/C13H15N3O4.ClH/c1-16-9-3-2-8(6-10(9)20-13(16)18)15-12(17)11-7-14-4-5-19-11;/h2-3,6,11,14H,4-5,7H2,1H3,(H,15,17);1H. The van der Waals surface area contributed by atoms with Crippen molar-refractivity contribution >= 4 is 35.1 Å². The van der Waals surface area contributed by atoms with Crippen molar-refractivity contribution in [2.75, 3.05) is 25.0 Å². The molecule has 21 heavy (non-hydrogen) atoms. The molecule has 1 saturated heterocycles. The second-order valence-electron chi connectivity index (χ2n) is 4.66. The Kier molecular flexibility index (Phi) is 4.66. The zero-order valence-corrected chi connectivity index (χ0v) is 12.2. The lowest BCUT2D eigenvalue weighted by Crippen LogP contribution is -2.45. The third-order valence-corrected chi connectivity index (χ3v) is 3.28. The van der Waals surface area contributed by atoms with Crippen LogP contribution in [0.3, 0.4) is 0 Å². The summed E-state index contributed by atoms with van der Waals surface area (Å²) in [7, 11) is 1.63. The van der Waals surface area contributed by atoms with Crippen LogP contribution in [0.2, 0.25) is 0 Å². The number of carbonyl (C=O) groups is 1. The molecule has 114 valence electrons. The number of hydrogen-bond donors (Lipinski definition) is 2. The molecule has 1 fully saturated rings. The molecule has 7 nitrogen and oxygen atoms in total. The van der Waals surface area contributed by atoms with Crippen LogP contribution < -0.4 is 16.4 Å². The fourth-order valence-electron chi connectivity index (χ4n) is 2.17. The first-order chi connectivity index (χ1) is 9.65. The van der Waals surface area contributed by atoms with Crippen molar-refractivity contribution in [1.29, 1.82) is 0 Å². The second-order valence-corrected chi connectivity index (χ2v) is 4.66. The molecule has 1 aromatic heterocycles. The Morgan fingerprint density at radius 2 is 2.29 bits per heavy atom. The molecule has 1 aliphatic heterocycles. The van der Waals surface area contributed by atoms with Gasteiger partial charge in [0.15, 0.2) is 5.58 Å². The number of benzene rings is 1. The van der Waals surface area contributed by atoms with Crippen molar-refractivity contribution < 1.29 is 13.9 Å². The van der Waals surface area contributed by atoms with Gasteiger partial charge in [0.2, 0.25) is 0 Å². The number of rotatable bonds is 2. The van der Waals surface area contributed by atoms with Crippen LogP contribution in [0.1, 0.15) is 0 Å². The van der Waals surface area contributed by atoms with E-state index in [9.17, 15) is 9.59 Å². The lowest BCUT2D eigenvalue weighted by molar-refractivity contribution is -0.128. The Hall–Kier alpha value is -1.83. The predicted octanol–water partition coefficient (Wildman–Crippen LogP) is 0.480. The maximum atomic E-state index is 12.0. The number of amides is 1. The molecule has 0 spiro atoms. The lowest BCUT2D eigenvalue weighted by Gasteiger charge is -2.22. The van der Waals surface area contributed by atoms with Gasteiger partial charge in [-0.15, -0.1) is 12.4 Å². The molecular formula is C13H16ClN3O4. The Bertz CT molecular complexity index is 703. The number of fused-ring (bicyclic) bond motifs is 1. The van der Waals surface area contributed by atoms with Gasteiger partial charge < -0.3 is 19.8 Å². The molecule has 0 aliphatic carbocycles. The van der Waals surface area contributed by atoms with E-state index in [0.717, 1.165) is 6.54 Å². The number of hydrogen-bond acceptors (Lipinski definition) is 5.